The maximum atomic E-state index is 11.8. The first-order chi connectivity index (χ1) is 9.38. The number of nitrogens with zero attached hydrogens (tertiary/aromatic N) is 2. The molecule has 0 spiro atoms. The SMILES string of the molecule is O=C1NC(=O)C2C(=Nc3ccccc3N2S(=O)(=O)O)N1. The molecule has 1 aromatic carbocycles. The summed E-state index contributed by atoms with van der Waals surface area (Å²) in [5.74, 6) is -1.05. The van der Waals surface area contributed by atoms with Gasteiger partial charge in [-0.2, -0.15) is 8.42 Å². The van der Waals surface area contributed by atoms with E-state index >= 15 is 0 Å². The van der Waals surface area contributed by atoms with Crippen molar-refractivity contribution in [3.63, 3.8) is 0 Å². The molecule has 3 rings (SSSR count). The topological polar surface area (TPSA) is 128 Å². The minimum absolute atomic E-state index is 0.0510. The minimum Gasteiger partial charge on any atom is -0.293 e. The molecule has 0 aliphatic carbocycles. The van der Waals surface area contributed by atoms with Crippen LogP contribution in [-0.4, -0.2) is 36.8 Å². The lowest BCUT2D eigenvalue weighted by Crippen LogP contribution is -2.66. The van der Waals surface area contributed by atoms with Crippen LogP contribution in [0.5, 0.6) is 0 Å². The lowest BCUT2D eigenvalue weighted by Gasteiger charge is -2.36. The molecule has 20 heavy (non-hydrogen) atoms. The molecule has 3 amide bonds. The summed E-state index contributed by atoms with van der Waals surface area (Å²) in [4.78, 5) is 27.1. The maximum absolute atomic E-state index is 11.8. The van der Waals surface area contributed by atoms with Crippen LogP contribution >= 0.6 is 0 Å². The molecule has 0 bridgehead atoms. The summed E-state index contributed by atoms with van der Waals surface area (Å²) < 4.78 is 33.0. The van der Waals surface area contributed by atoms with Crippen molar-refractivity contribution in [1.29, 1.82) is 0 Å². The summed E-state index contributed by atoms with van der Waals surface area (Å²) in [5, 5.41) is 4.18. The average Bonchev–Trinajstić information content (AvgIpc) is 2.34. The van der Waals surface area contributed by atoms with E-state index in [0.717, 1.165) is 0 Å². The molecule has 2 aliphatic heterocycles. The first-order valence-electron chi connectivity index (χ1n) is 5.44. The highest BCUT2D eigenvalue weighted by atomic mass is 32.2. The number of benzene rings is 1. The smallest absolute Gasteiger partial charge is 0.293 e. The number of anilines is 1. The summed E-state index contributed by atoms with van der Waals surface area (Å²) in [6.07, 6.45) is 0. The molecule has 1 unspecified atom stereocenters. The fraction of sp³-hybridized carbons (Fsp3) is 0.100. The van der Waals surface area contributed by atoms with Gasteiger partial charge in [0.05, 0.1) is 11.4 Å². The number of urea groups is 1. The predicted molar refractivity (Wildman–Crippen MR) is 68.0 cm³/mol. The van der Waals surface area contributed by atoms with Gasteiger partial charge in [0.25, 0.3) is 5.91 Å². The van der Waals surface area contributed by atoms with Crippen molar-refractivity contribution in [3.05, 3.63) is 24.3 Å². The fourth-order valence-corrected chi connectivity index (χ4v) is 2.96. The van der Waals surface area contributed by atoms with Crippen molar-refractivity contribution in [2.45, 2.75) is 6.04 Å². The standard InChI is InChI=1S/C10H8N4O5S/c15-9-7-8(12-10(16)13-9)11-5-3-1-2-4-6(5)14(7)20(17,18)19/h1-4,7H,(H,17,18,19)(H2,11,12,13,15,16). The molecule has 10 heteroatoms. The summed E-state index contributed by atoms with van der Waals surface area (Å²) >= 11 is 0. The number of amidine groups is 1. The van der Waals surface area contributed by atoms with Crippen LogP contribution in [0.4, 0.5) is 16.2 Å². The number of aliphatic imine (C=N–C) groups is 1. The first-order valence-corrected chi connectivity index (χ1v) is 6.84. The number of fused-ring (bicyclic) bond motifs is 2. The summed E-state index contributed by atoms with van der Waals surface area (Å²) in [7, 11) is -4.72. The third-order valence-electron chi connectivity index (χ3n) is 2.83. The molecule has 1 saturated heterocycles. The van der Waals surface area contributed by atoms with Crippen LogP contribution in [0.1, 0.15) is 0 Å². The highest BCUT2D eigenvalue weighted by Gasteiger charge is 2.45. The lowest BCUT2D eigenvalue weighted by molar-refractivity contribution is -0.120. The monoisotopic (exact) mass is 296 g/mol. The van der Waals surface area contributed by atoms with Crippen LogP contribution in [-0.2, 0) is 15.1 Å². The molecule has 2 heterocycles. The normalized spacial score (nSPS) is 21.4. The molecular formula is C10H8N4O5S. The Hall–Kier alpha value is -2.46. The number of carbonyl (C=O) groups is 2. The molecule has 2 aliphatic rings. The Morgan fingerprint density at radius 3 is 2.60 bits per heavy atom. The Morgan fingerprint density at radius 1 is 1.20 bits per heavy atom. The first kappa shape index (κ1) is 12.6. The van der Waals surface area contributed by atoms with Crippen LogP contribution in [0.15, 0.2) is 29.3 Å². The van der Waals surface area contributed by atoms with E-state index in [-0.39, 0.29) is 17.2 Å². The van der Waals surface area contributed by atoms with Gasteiger partial charge < -0.3 is 0 Å². The van der Waals surface area contributed by atoms with Gasteiger partial charge in [-0.1, -0.05) is 12.1 Å². The van der Waals surface area contributed by atoms with Gasteiger partial charge in [-0.25, -0.2) is 14.1 Å². The van der Waals surface area contributed by atoms with Crippen molar-refractivity contribution in [2.24, 2.45) is 4.99 Å². The van der Waals surface area contributed by atoms with Gasteiger partial charge in [0, 0.05) is 0 Å². The Morgan fingerprint density at radius 2 is 1.90 bits per heavy atom. The molecule has 3 N–H and O–H groups in total. The van der Waals surface area contributed by atoms with Gasteiger partial charge in [-0.3, -0.25) is 20.0 Å². The lowest BCUT2D eigenvalue weighted by atomic mass is 10.1. The number of imide groups is 1. The zero-order valence-electron chi connectivity index (χ0n) is 9.77. The van der Waals surface area contributed by atoms with E-state index < -0.39 is 28.3 Å². The molecule has 1 fully saturated rings. The van der Waals surface area contributed by atoms with Gasteiger partial charge >= 0.3 is 16.3 Å². The van der Waals surface area contributed by atoms with Gasteiger partial charge in [-0.05, 0) is 12.1 Å². The Kier molecular flexibility index (Phi) is 2.52. The van der Waals surface area contributed by atoms with E-state index in [4.69, 9.17) is 0 Å². The van der Waals surface area contributed by atoms with Crippen molar-refractivity contribution in [3.8, 4) is 0 Å². The fourth-order valence-electron chi connectivity index (χ4n) is 2.10. The number of hydrogen-bond donors (Lipinski definition) is 3. The average molecular weight is 296 g/mol. The van der Waals surface area contributed by atoms with Crippen LogP contribution < -0.4 is 14.9 Å². The van der Waals surface area contributed by atoms with Crippen molar-refractivity contribution < 1.29 is 22.6 Å². The zero-order valence-corrected chi connectivity index (χ0v) is 10.6. The molecular weight excluding hydrogens is 288 g/mol. The van der Waals surface area contributed by atoms with Crippen LogP contribution in [0, 0.1) is 0 Å². The third-order valence-corrected chi connectivity index (χ3v) is 3.73. The number of para-hydroxylation sites is 2. The Labute approximate surface area is 113 Å². The van der Waals surface area contributed by atoms with Gasteiger partial charge in [0.15, 0.2) is 6.04 Å². The maximum Gasteiger partial charge on any atom is 0.361 e. The van der Waals surface area contributed by atoms with E-state index in [1.54, 1.807) is 6.07 Å². The van der Waals surface area contributed by atoms with Gasteiger partial charge in [0.1, 0.15) is 5.84 Å². The highest BCUT2D eigenvalue weighted by molar-refractivity contribution is 7.87. The highest BCUT2D eigenvalue weighted by Crippen LogP contribution is 2.36. The minimum atomic E-state index is -4.72. The molecule has 1 atom stereocenters. The van der Waals surface area contributed by atoms with E-state index in [0.29, 0.717) is 4.31 Å². The van der Waals surface area contributed by atoms with E-state index in [9.17, 15) is 22.6 Å². The van der Waals surface area contributed by atoms with Crippen molar-refractivity contribution in [2.75, 3.05) is 4.31 Å². The van der Waals surface area contributed by atoms with Crippen LogP contribution in [0.25, 0.3) is 0 Å². The molecule has 1 aromatic rings. The second kappa shape index (κ2) is 4.02. The molecule has 104 valence electrons. The van der Waals surface area contributed by atoms with Gasteiger partial charge in [-0.15, -0.1) is 0 Å². The summed E-state index contributed by atoms with van der Waals surface area (Å²) in [6, 6.07) is 3.78. The Bertz CT molecular complexity index is 757. The summed E-state index contributed by atoms with van der Waals surface area (Å²) in [5.41, 5.74) is 0.265. The second-order valence-electron chi connectivity index (χ2n) is 4.11. The third kappa shape index (κ3) is 1.82. The Balaban J connectivity index is 2.25. The largest absolute Gasteiger partial charge is 0.361 e. The number of hydrogen-bond acceptors (Lipinski definition) is 5. The number of nitrogens with one attached hydrogen (secondary N) is 2. The zero-order chi connectivity index (χ0) is 14.5. The van der Waals surface area contributed by atoms with Crippen molar-refractivity contribution in [1.82, 2.24) is 10.6 Å². The molecule has 0 saturated carbocycles. The quantitative estimate of drug-likeness (QED) is 0.604. The van der Waals surface area contributed by atoms with Crippen LogP contribution in [0.3, 0.4) is 0 Å². The summed E-state index contributed by atoms with van der Waals surface area (Å²) in [6.45, 7) is 0. The molecule has 0 radical (unpaired) electrons. The predicted octanol–water partition coefficient (Wildman–Crippen LogP) is -0.453. The van der Waals surface area contributed by atoms with Crippen molar-refractivity contribution >= 4 is 39.5 Å². The number of rotatable bonds is 1. The van der Waals surface area contributed by atoms with E-state index in [1.807, 2.05) is 5.32 Å². The molecule has 0 aromatic heterocycles. The molecule has 9 nitrogen and oxygen atoms in total. The second-order valence-corrected chi connectivity index (χ2v) is 5.39. The number of carbonyl (C=O) groups excluding carboxylic acids is 2. The van der Waals surface area contributed by atoms with E-state index in [2.05, 4.69) is 10.3 Å². The van der Waals surface area contributed by atoms with E-state index in [1.165, 1.54) is 18.2 Å². The van der Waals surface area contributed by atoms with Crippen LogP contribution in [0.2, 0.25) is 0 Å². The van der Waals surface area contributed by atoms with Gasteiger partial charge in [0.2, 0.25) is 0 Å². The number of amides is 3.